The van der Waals surface area contributed by atoms with E-state index in [9.17, 15) is 4.79 Å². The van der Waals surface area contributed by atoms with Crippen molar-refractivity contribution in [2.24, 2.45) is 0 Å². The maximum absolute atomic E-state index is 11.5. The molecule has 1 aromatic heterocycles. The van der Waals surface area contributed by atoms with E-state index in [-0.39, 0.29) is 5.56 Å². The Hall–Kier alpha value is -1.84. The Morgan fingerprint density at radius 3 is 2.93 bits per heavy atom. The number of benzene rings is 1. The molecular formula is C10H10N2O2. The first kappa shape index (κ1) is 8.74. The Balaban J connectivity index is 3.00. The minimum absolute atomic E-state index is 0.171. The molecular weight excluding hydrogens is 180 g/mol. The monoisotopic (exact) mass is 190 g/mol. The fourth-order valence-electron chi connectivity index (χ4n) is 1.46. The number of H-pyrrole nitrogens is 1. The number of aromatic amines is 1. The van der Waals surface area contributed by atoms with E-state index < -0.39 is 0 Å². The van der Waals surface area contributed by atoms with E-state index in [1.165, 1.54) is 13.4 Å². The number of ether oxygens (including phenoxy) is 1. The van der Waals surface area contributed by atoms with E-state index in [0.29, 0.717) is 16.7 Å². The van der Waals surface area contributed by atoms with Gasteiger partial charge in [-0.1, -0.05) is 6.07 Å². The topological polar surface area (TPSA) is 55.0 Å². The quantitative estimate of drug-likeness (QED) is 0.736. The van der Waals surface area contributed by atoms with E-state index in [1.807, 2.05) is 13.0 Å². The largest absolute Gasteiger partial charge is 0.496 e. The molecule has 2 rings (SSSR count). The first-order valence-corrected chi connectivity index (χ1v) is 4.25. The molecule has 0 radical (unpaired) electrons. The lowest BCUT2D eigenvalue weighted by molar-refractivity contribution is 0.419. The van der Waals surface area contributed by atoms with Crippen LogP contribution in [0.2, 0.25) is 0 Å². The van der Waals surface area contributed by atoms with Crippen LogP contribution in [0, 0.1) is 6.92 Å². The van der Waals surface area contributed by atoms with Gasteiger partial charge in [0, 0.05) is 0 Å². The molecule has 0 saturated carbocycles. The molecule has 14 heavy (non-hydrogen) atoms. The number of aromatic nitrogens is 2. The zero-order valence-corrected chi connectivity index (χ0v) is 8.00. The van der Waals surface area contributed by atoms with Gasteiger partial charge in [0.05, 0.1) is 19.0 Å². The zero-order chi connectivity index (χ0) is 10.1. The number of nitrogens with zero attached hydrogens (tertiary/aromatic N) is 1. The van der Waals surface area contributed by atoms with Crippen molar-refractivity contribution in [1.29, 1.82) is 0 Å². The fourth-order valence-corrected chi connectivity index (χ4v) is 1.46. The average molecular weight is 190 g/mol. The smallest absolute Gasteiger partial charge is 0.262 e. The van der Waals surface area contributed by atoms with E-state index in [1.54, 1.807) is 6.07 Å². The summed E-state index contributed by atoms with van der Waals surface area (Å²) < 4.78 is 5.10. The van der Waals surface area contributed by atoms with E-state index in [4.69, 9.17) is 4.74 Å². The molecule has 0 unspecified atom stereocenters. The third-order valence-electron chi connectivity index (χ3n) is 2.18. The molecule has 1 heterocycles. The van der Waals surface area contributed by atoms with Gasteiger partial charge in [-0.3, -0.25) is 4.79 Å². The van der Waals surface area contributed by atoms with Gasteiger partial charge in [0.15, 0.2) is 0 Å². The number of fused-ring (bicyclic) bond motifs is 1. The minimum atomic E-state index is -0.171. The van der Waals surface area contributed by atoms with Gasteiger partial charge in [0.1, 0.15) is 11.1 Å². The molecule has 0 aliphatic heterocycles. The molecule has 1 aromatic carbocycles. The van der Waals surface area contributed by atoms with Gasteiger partial charge in [-0.05, 0) is 18.6 Å². The van der Waals surface area contributed by atoms with Crippen LogP contribution in [-0.4, -0.2) is 17.1 Å². The van der Waals surface area contributed by atoms with Crippen molar-refractivity contribution in [3.8, 4) is 5.75 Å². The van der Waals surface area contributed by atoms with Crippen molar-refractivity contribution >= 4 is 10.9 Å². The van der Waals surface area contributed by atoms with Gasteiger partial charge in [-0.2, -0.15) is 0 Å². The molecule has 4 nitrogen and oxygen atoms in total. The van der Waals surface area contributed by atoms with Crippen molar-refractivity contribution in [3.05, 3.63) is 34.4 Å². The molecule has 72 valence electrons. The van der Waals surface area contributed by atoms with Gasteiger partial charge >= 0.3 is 0 Å². The summed E-state index contributed by atoms with van der Waals surface area (Å²) in [5, 5.41) is 0.509. The average Bonchev–Trinajstić information content (AvgIpc) is 2.20. The summed E-state index contributed by atoms with van der Waals surface area (Å²) in [5.74, 6) is 0.556. The van der Waals surface area contributed by atoms with Crippen LogP contribution in [0.15, 0.2) is 23.3 Å². The molecule has 2 aromatic rings. The first-order chi connectivity index (χ1) is 6.74. The van der Waals surface area contributed by atoms with Crippen LogP contribution in [-0.2, 0) is 0 Å². The van der Waals surface area contributed by atoms with Crippen LogP contribution in [0.4, 0.5) is 0 Å². The van der Waals surface area contributed by atoms with Gasteiger partial charge < -0.3 is 9.72 Å². The van der Waals surface area contributed by atoms with Crippen LogP contribution in [0.3, 0.4) is 0 Å². The third kappa shape index (κ3) is 1.16. The molecule has 0 atom stereocenters. The fraction of sp³-hybridized carbons (Fsp3) is 0.200. The summed E-state index contributed by atoms with van der Waals surface area (Å²) in [7, 11) is 1.54. The highest BCUT2D eigenvalue weighted by Gasteiger charge is 2.07. The Kier molecular flexibility index (Phi) is 1.96. The summed E-state index contributed by atoms with van der Waals surface area (Å²) in [6, 6.07) is 3.65. The molecule has 0 amide bonds. The number of nitrogens with one attached hydrogen (secondary N) is 1. The Bertz CT molecular complexity index is 531. The second-order valence-corrected chi connectivity index (χ2v) is 3.04. The van der Waals surface area contributed by atoms with E-state index >= 15 is 0 Å². The van der Waals surface area contributed by atoms with Gasteiger partial charge in [-0.15, -0.1) is 0 Å². The number of aryl methyl sites for hydroxylation is 1. The van der Waals surface area contributed by atoms with Crippen LogP contribution < -0.4 is 10.3 Å². The Morgan fingerprint density at radius 2 is 2.21 bits per heavy atom. The second-order valence-electron chi connectivity index (χ2n) is 3.04. The highest BCUT2D eigenvalue weighted by molar-refractivity contribution is 5.86. The molecule has 0 spiro atoms. The third-order valence-corrected chi connectivity index (χ3v) is 2.18. The Labute approximate surface area is 80.6 Å². The van der Waals surface area contributed by atoms with Gasteiger partial charge in [0.25, 0.3) is 5.56 Å². The number of rotatable bonds is 1. The van der Waals surface area contributed by atoms with Crippen molar-refractivity contribution in [2.45, 2.75) is 6.92 Å². The normalized spacial score (nSPS) is 10.4. The SMILES string of the molecule is COc1ccc(C)c2nc[nH]c(=O)c12. The van der Waals surface area contributed by atoms with E-state index in [0.717, 1.165) is 5.56 Å². The highest BCUT2D eigenvalue weighted by atomic mass is 16.5. The van der Waals surface area contributed by atoms with Crippen molar-refractivity contribution in [2.75, 3.05) is 7.11 Å². The Morgan fingerprint density at radius 1 is 1.43 bits per heavy atom. The summed E-state index contributed by atoms with van der Waals surface area (Å²) in [6.07, 6.45) is 1.40. The molecule has 0 fully saturated rings. The molecule has 0 bridgehead atoms. The maximum Gasteiger partial charge on any atom is 0.262 e. The van der Waals surface area contributed by atoms with Gasteiger partial charge in [-0.25, -0.2) is 4.98 Å². The molecule has 1 N–H and O–H groups in total. The van der Waals surface area contributed by atoms with Crippen molar-refractivity contribution in [3.63, 3.8) is 0 Å². The summed E-state index contributed by atoms with van der Waals surface area (Å²) in [6.45, 7) is 1.91. The van der Waals surface area contributed by atoms with Crippen LogP contribution >= 0.6 is 0 Å². The molecule has 4 heteroatoms. The number of methoxy groups -OCH3 is 1. The number of hydrogen-bond donors (Lipinski definition) is 1. The predicted molar refractivity (Wildman–Crippen MR) is 53.7 cm³/mol. The maximum atomic E-state index is 11.5. The summed E-state index contributed by atoms with van der Waals surface area (Å²) in [5.41, 5.74) is 1.48. The zero-order valence-electron chi connectivity index (χ0n) is 8.00. The van der Waals surface area contributed by atoms with Crippen molar-refractivity contribution < 1.29 is 4.74 Å². The molecule has 0 aliphatic carbocycles. The lowest BCUT2D eigenvalue weighted by atomic mass is 10.1. The van der Waals surface area contributed by atoms with Crippen LogP contribution in [0.25, 0.3) is 10.9 Å². The second kappa shape index (κ2) is 3.14. The standard InChI is InChI=1S/C10H10N2O2/c1-6-3-4-7(14-2)8-9(6)11-5-12-10(8)13/h3-5H,1-2H3,(H,11,12,13). The van der Waals surface area contributed by atoms with Gasteiger partial charge in [0.2, 0.25) is 0 Å². The lowest BCUT2D eigenvalue weighted by Crippen LogP contribution is -2.08. The summed E-state index contributed by atoms with van der Waals surface area (Å²) in [4.78, 5) is 18.2. The summed E-state index contributed by atoms with van der Waals surface area (Å²) >= 11 is 0. The van der Waals surface area contributed by atoms with Crippen LogP contribution in [0.5, 0.6) is 5.75 Å². The predicted octanol–water partition coefficient (Wildman–Crippen LogP) is 1.24. The molecule has 0 aliphatic rings. The lowest BCUT2D eigenvalue weighted by Gasteiger charge is -2.05. The highest BCUT2D eigenvalue weighted by Crippen LogP contribution is 2.22. The molecule has 0 saturated heterocycles. The number of hydrogen-bond acceptors (Lipinski definition) is 3. The van der Waals surface area contributed by atoms with E-state index in [2.05, 4.69) is 9.97 Å². The first-order valence-electron chi connectivity index (χ1n) is 4.25. The van der Waals surface area contributed by atoms with Crippen molar-refractivity contribution in [1.82, 2.24) is 9.97 Å². The van der Waals surface area contributed by atoms with Crippen LogP contribution in [0.1, 0.15) is 5.56 Å². The minimum Gasteiger partial charge on any atom is -0.496 e.